The van der Waals surface area contributed by atoms with Gasteiger partial charge in [0.05, 0.1) is 10.0 Å². The van der Waals surface area contributed by atoms with Crippen LogP contribution in [-0.4, -0.2) is 0 Å². The molecule has 2 aromatic carbocycles. The van der Waals surface area contributed by atoms with Gasteiger partial charge in [0.25, 0.3) is 0 Å². The van der Waals surface area contributed by atoms with E-state index in [-0.39, 0.29) is 0 Å². The molecule has 0 bridgehead atoms. The minimum absolute atomic E-state index is 0.430. The Balaban J connectivity index is 2.06. The molecule has 94 valence electrons. The van der Waals surface area contributed by atoms with Gasteiger partial charge in [-0.05, 0) is 36.2 Å². The highest BCUT2D eigenvalue weighted by molar-refractivity contribution is 6.42. The van der Waals surface area contributed by atoms with Crippen LogP contribution in [0.1, 0.15) is 11.1 Å². The van der Waals surface area contributed by atoms with Crippen molar-refractivity contribution in [3.8, 4) is 5.75 Å². The van der Waals surface area contributed by atoms with E-state index in [0.29, 0.717) is 16.7 Å². The van der Waals surface area contributed by atoms with E-state index in [1.165, 1.54) is 0 Å². The first-order valence-electron chi connectivity index (χ1n) is 5.49. The third kappa shape index (κ3) is 3.09. The maximum absolute atomic E-state index is 5.93. The molecule has 0 atom stereocenters. The molecule has 2 nitrogen and oxygen atoms in total. The number of rotatable bonds is 3. The first kappa shape index (κ1) is 13.1. The maximum Gasteiger partial charge on any atom is 0.121 e. The summed E-state index contributed by atoms with van der Waals surface area (Å²) in [6.07, 6.45) is 0. The van der Waals surface area contributed by atoms with Gasteiger partial charge in [0, 0.05) is 11.8 Å². The van der Waals surface area contributed by atoms with E-state index in [4.69, 9.17) is 33.7 Å². The van der Waals surface area contributed by atoms with E-state index in [0.717, 1.165) is 22.6 Å². The molecule has 4 heteroatoms. The Bertz CT molecular complexity index is 518. The summed E-state index contributed by atoms with van der Waals surface area (Å²) in [4.78, 5) is 0. The topological polar surface area (TPSA) is 35.2 Å². The zero-order chi connectivity index (χ0) is 13.1. The molecule has 0 radical (unpaired) electrons. The van der Waals surface area contributed by atoms with Crippen molar-refractivity contribution in [3.63, 3.8) is 0 Å². The number of benzene rings is 2. The number of halogens is 2. The van der Waals surface area contributed by atoms with Crippen LogP contribution in [0.3, 0.4) is 0 Å². The van der Waals surface area contributed by atoms with Gasteiger partial charge < -0.3 is 10.5 Å². The van der Waals surface area contributed by atoms with Gasteiger partial charge in [-0.2, -0.15) is 0 Å². The summed E-state index contributed by atoms with van der Waals surface area (Å²) < 4.78 is 5.64. The Morgan fingerprint density at radius 2 is 1.83 bits per heavy atom. The van der Waals surface area contributed by atoms with Crippen molar-refractivity contribution in [1.82, 2.24) is 0 Å². The minimum Gasteiger partial charge on any atom is -0.489 e. The first-order valence-corrected chi connectivity index (χ1v) is 6.24. The van der Waals surface area contributed by atoms with E-state index in [1.807, 2.05) is 31.2 Å². The van der Waals surface area contributed by atoms with E-state index in [9.17, 15) is 0 Å². The van der Waals surface area contributed by atoms with Gasteiger partial charge in [-0.15, -0.1) is 0 Å². The molecule has 2 N–H and O–H groups in total. The number of nitrogen functional groups attached to an aromatic ring is 1. The zero-order valence-electron chi connectivity index (χ0n) is 9.91. The fourth-order valence-electron chi connectivity index (χ4n) is 1.50. The largest absolute Gasteiger partial charge is 0.489 e. The van der Waals surface area contributed by atoms with E-state index in [1.54, 1.807) is 12.1 Å². The molecule has 0 amide bonds. The number of nitrogens with two attached hydrogens (primary N) is 1. The van der Waals surface area contributed by atoms with Crippen molar-refractivity contribution in [2.75, 3.05) is 5.73 Å². The quantitative estimate of drug-likeness (QED) is 0.843. The van der Waals surface area contributed by atoms with Crippen molar-refractivity contribution in [1.29, 1.82) is 0 Å². The smallest absolute Gasteiger partial charge is 0.121 e. The summed E-state index contributed by atoms with van der Waals surface area (Å²) in [6.45, 7) is 2.39. The maximum atomic E-state index is 5.93. The lowest BCUT2D eigenvalue weighted by Crippen LogP contribution is -1.97. The molecule has 18 heavy (non-hydrogen) atoms. The average Bonchev–Trinajstić information content (AvgIpc) is 2.35. The Labute approximate surface area is 116 Å². The van der Waals surface area contributed by atoms with Crippen LogP contribution in [-0.2, 0) is 6.61 Å². The van der Waals surface area contributed by atoms with Crippen LogP contribution in [0, 0.1) is 6.92 Å². The van der Waals surface area contributed by atoms with Crippen LogP contribution in [0.4, 0.5) is 5.69 Å². The molecule has 0 saturated heterocycles. The monoisotopic (exact) mass is 281 g/mol. The van der Waals surface area contributed by atoms with Gasteiger partial charge in [-0.3, -0.25) is 0 Å². The highest BCUT2D eigenvalue weighted by Gasteiger charge is 2.02. The fourth-order valence-corrected chi connectivity index (χ4v) is 1.83. The molecule has 0 heterocycles. The second-order valence-corrected chi connectivity index (χ2v) is 4.87. The molecule has 0 saturated carbocycles. The molecule has 0 fully saturated rings. The van der Waals surface area contributed by atoms with Gasteiger partial charge in [0.2, 0.25) is 0 Å². The van der Waals surface area contributed by atoms with E-state index < -0.39 is 0 Å². The van der Waals surface area contributed by atoms with Crippen molar-refractivity contribution >= 4 is 28.9 Å². The summed E-state index contributed by atoms with van der Waals surface area (Å²) in [6, 6.07) is 11.1. The van der Waals surface area contributed by atoms with Gasteiger partial charge in [0.1, 0.15) is 12.4 Å². The number of hydrogen-bond acceptors (Lipinski definition) is 2. The fraction of sp³-hybridized carbons (Fsp3) is 0.143. The molecule has 0 spiro atoms. The number of aryl methyl sites for hydroxylation is 1. The summed E-state index contributed by atoms with van der Waals surface area (Å²) >= 11 is 11.8. The highest BCUT2D eigenvalue weighted by atomic mass is 35.5. The Morgan fingerprint density at radius 1 is 1.06 bits per heavy atom. The Kier molecular flexibility index (Phi) is 4.00. The molecule has 2 rings (SSSR count). The predicted molar refractivity (Wildman–Crippen MR) is 76.4 cm³/mol. The molecule has 0 unspecified atom stereocenters. The van der Waals surface area contributed by atoms with E-state index >= 15 is 0 Å². The SMILES string of the molecule is Cc1ccc(OCc2ccc(Cl)c(Cl)c2)cc1N. The molecule has 2 aromatic rings. The van der Waals surface area contributed by atoms with Crippen molar-refractivity contribution in [3.05, 3.63) is 57.6 Å². The summed E-state index contributed by atoms with van der Waals surface area (Å²) in [5.41, 5.74) is 8.54. The summed E-state index contributed by atoms with van der Waals surface area (Å²) in [5.74, 6) is 0.740. The molecule has 0 aliphatic rings. The summed E-state index contributed by atoms with van der Waals surface area (Å²) in [7, 11) is 0. The van der Waals surface area contributed by atoms with Crippen LogP contribution in [0.5, 0.6) is 5.75 Å². The lowest BCUT2D eigenvalue weighted by atomic mass is 10.2. The first-order chi connectivity index (χ1) is 8.56. The Morgan fingerprint density at radius 3 is 2.50 bits per heavy atom. The van der Waals surface area contributed by atoms with Gasteiger partial charge in [0.15, 0.2) is 0 Å². The summed E-state index contributed by atoms with van der Waals surface area (Å²) in [5, 5.41) is 1.07. The molecule has 0 aliphatic carbocycles. The van der Waals surface area contributed by atoms with Crippen molar-refractivity contribution < 1.29 is 4.74 Å². The number of ether oxygens (including phenoxy) is 1. The van der Waals surface area contributed by atoms with Crippen molar-refractivity contribution in [2.45, 2.75) is 13.5 Å². The van der Waals surface area contributed by atoms with Gasteiger partial charge in [-0.1, -0.05) is 35.3 Å². The van der Waals surface area contributed by atoms with E-state index in [2.05, 4.69) is 0 Å². The molecule has 0 aliphatic heterocycles. The average molecular weight is 282 g/mol. The third-order valence-electron chi connectivity index (χ3n) is 2.64. The second-order valence-electron chi connectivity index (χ2n) is 4.06. The molecular weight excluding hydrogens is 269 g/mol. The van der Waals surface area contributed by atoms with Crippen LogP contribution in [0.25, 0.3) is 0 Å². The lowest BCUT2D eigenvalue weighted by Gasteiger charge is -2.09. The minimum atomic E-state index is 0.430. The lowest BCUT2D eigenvalue weighted by molar-refractivity contribution is 0.306. The zero-order valence-corrected chi connectivity index (χ0v) is 11.4. The van der Waals surface area contributed by atoms with Crippen LogP contribution < -0.4 is 10.5 Å². The third-order valence-corrected chi connectivity index (χ3v) is 3.38. The van der Waals surface area contributed by atoms with Gasteiger partial charge >= 0.3 is 0 Å². The molecule has 0 aromatic heterocycles. The second kappa shape index (κ2) is 5.51. The number of anilines is 1. The van der Waals surface area contributed by atoms with Crippen LogP contribution in [0.2, 0.25) is 10.0 Å². The normalized spacial score (nSPS) is 10.4. The standard InChI is InChI=1S/C14H13Cl2NO/c1-9-2-4-11(7-14(9)17)18-8-10-3-5-12(15)13(16)6-10/h2-7H,8,17H2,1H3. The van der Waals surface area contributed by atoms with Gasteiger partial charge in [-0.25, -0.2) is 0 Å². The van der Waals surface area contributed by atoms with Crippen LogP contribution >= 0.6 is 23.2 Å². The Hall–Kier alpha value is -1.38. The number of hydrogen-bond donors (Lipinski definition) is 1. The molecular formula is C14H13Cl2NO. The predicted octanol–water partition coefficient (Wildman–Crippen LogP) is 4.46. The van der Waals surface area contributed by atoms with Crippen LogP contribution in [0.15, 0.2) is 36.4 Å². The van der Waals surface area contributed by atoms with Crippen molar-refractivity contribution in [2.24, 2.45) is 0 Å². The highest BCUT2D eigenvalue weighted by Crippen LogP contribution is 2.24.